The van der Waals surface area contributed by atoms with Crippen molar-refractivity contribution < 1.29 is 9.53 Å². The van der Waals surface area contributed by atoms with Gasteiger partial charge in [0.25, 0.3) is 5.91 Å². The van der Waals surface area contributed by atoms with Crippen LogP contribution in [0.2, 0.25) is 0 Å². The SMILES string of the molecule is CCOC1CC(NC(=O)c2ccc(CN)cc2)C1(CC)CC.Cl. The minimum atomic E-state index is -0.00482. The number of nitrogens with one attached hydrogen (secondary N) is 1. The summed E-state index contributed by atoms with van der Waals surface area (Å²) in [5.74, 6) is -0.00482. The van der Waals surface area contributed by atoms with Crippen molar-refractivity contribution in [1.29, 1.82) is 0 Å². The van der Waals surface area contributed by atoms with Crippen molar-refractivity contribution in [2.45, 2.75) is 58.7 Å². The van der Waals surface area contributed by atoms with Crippen LogP contribution < -0.4 is 11.1 Å². The Hall–Kier alpha value is -1.10. The molecule has 1 aromatic carbocycles. The Labute approximate surface area is 145 Å². The van der Waals surface area contributed by atoms with Gasteiger partial charge < -0.3 is 15.8 Å². The first-order valence-electron chi connectivity index (χ1n) is 8.32. The van der Waals surface area contributed by atoms with Gasteiger partial charge in [-0.15, -0.1) is 12.4 Å². The molecule has 0 heterocycles. The molecule has 2 unspecified atom stereocenters. The van der Waals surface area contributed by atoms with E-state index in [1.165, 1.54) is 0 Å². The van der Waals surface area contributed by atoms with E-state index in [2.05, 4.69) is 19.2 Å². The van der Waals surface area contributed by atoms with E-state index in [-0.39, 0.29) is 35.9 Å². The summed E-state index contributed by atoms with van der Waals surface area (Å²) in [6.07, 6.45) is 3.20. The van der Waals surface area contributed by atoms with E-state index in [0.29, 0.717) is 12.1 Å². The van der Waals surface area contributed by atoms with Crippen LogP contribution >= 0.6 is 12.4 Å². The molecule has 0 saturated heterocycles. The maximum Gasteiger partial charge on any atom is 0.251 e. The third-order valence-corrected chi connectivity index (χ3v) is 5.23. The van der Waals surface area contributed by atoms with Crippen molar-refractivity contribution in [1.82, 2.24) is 5.32 Å². The molecule has 1 amide bonds. The van der Waals surface area contributed by atoms with Crippen LogP contribution in [-0.4, -0.2) is 24.7 Å². The highest BCUT2D eigenvalue weighted by atomic mass is 35.5. The average molecular weight is 341 g/mol. The van der Waals surface area contributed by atoms with E-state index in [4.69, 9.17) is 10.5 Å². The van der Waals surface area contributed by atoms with Crippen LogP contribution in [-0.2, 0) is 11.3 Å². The third-order valence-electron chi connectivity index (χ3n) is 5.23. The molecule has 130 valence electrons. The highest BCUT2D eigenvalue weighted by Crippen LogP contribution is 2.48. The molecule has 1 aromatic rings. The predicted octanol–water partition coefficient (Wildman–Crippen LogP) is 3.28. The van der Waals surface area contributed by atoms with Crippen molar-refractivity contribution in [3.8, 4) is 0 Å². The number of ether oxygens (including phenoxy) is 1. The molecule has 23 heavy (non-hydrogen) atoms. The van der Waals surface area contributed by atoms with Crippen molar-refractivity contribution in [2.75, 3.05) is 6.61 Å². The molecular formula is C18H29ClN2O2. The van der Waals surface area contributed by atoms with Crippen LogP contribution in [0.5, 0.6) is 0 Å². The summed E-state index contributed by atoms with van der Waals surface area (Å²) in [5.41, 5.74) is 7.39. The maximum absolute atomic E-state index is 12.4. The Morgan fingerprint density at radius 3 is 2.35 bits per heavy atom. The maximum atomic E-state index is 12.4. The number of hydrogen-bond donors (Lipinski definition) is 2. The Kier molecular flexibility index (Phi) is 7.52. The summed E-state index contributed by atoms with van der Waals surface area (Å²) in [6, 6.07) is 7.70. The van der Waals surface area contributed by atoms with E-state index < -0.39 is 0 Å². The van der Waals surface area contributed by atoms with Crippen LogP contribution in [0.4, 0.5) is 0 Å². The molecule has 1 aliphatic rings. The van der Waals surface area contributed by atoms with E-state index in [9.17, 15) is 4.79 Å². The molecule has 2 rings (SSSR count). The molecule has 4 nitrogen and oxygen atoms in total. The van der Waals surface area contributed by atoms with Gasteiger partial charge in [0.2, 0.25) is 0 Å². The average Bonchev–Trinajstić information content (AvgIpc) is 2.55. The topological polar surface area (TPSA) is 64.3 Å². The molecule has 1 saturated carbocycles. The van der Waals surface area contributed by atoms with Gasteiger partial charge in [-0.25, -0.2) is 0 Å². The molecule has 0 bridgehead atoms. The number of benzene rings is 1. The molecule has 0 radical (unpaired) electrons. The van der Waals surface area contributed by atoms with Gasteiger partial charge in [-0.05, 0) is 43.9 Å². The lowest BCUT2D eigenvalue weighted by molar-refractivity contribution is -0.134. The van der Waals surface area contributed by atoms with E-state index >= 15 is 0 Å². The lowest BCUT2D eigenvalue weighted by Crippen LogP contribution is -2.64. The monoisotopic (exact) mass is 340 g/mol. The smallest absolute Gasteiger partial charge is 0.251 e. The summed E-state index contributed by atoms with van der Waals surface area (Å²) in [7, 11) is 0. The van der Waals surface area contributed by atoms with Crippen molar-refractivity contribution in [3.05, 3.63) is 35.4 Å². The summed E-state index contributed by atoms with van der Waals surface area (Å²) >= 11 is 0. The number of nitrogens with two attached hydrogens (primary N) is 1. The zero-order valence-corrected chi connectivity index (χ0v) is 15.1. The molecular weight excluding hydrogens is 312 g/mol. The van der Waals surface area contributed by atoms with Gasteiger partial charge in [0, 0.05) is 30.2 Å². The molecule has 0 spiro atoms. The highest BCUT2D eigenvalue weighted by molar-refractivity contribution is 5.94. The summed E-state index contributed by atoms with van der Waals surface area (Å²) < 4.78 is 5.86. The van der Waals surface area contributed by atoms with E-state index in [1.54, 1.807) is 0 Å². The van der Waals surface area contributed by atoms with E-state index in [0.717, 1.165) is 31.4 Å². The fourth-order valence-electron chi connectivity index (χ4n) is 3.62. The van der Waals surface area contributed by atoms with Crippen LogP contribution in [0.25, 0.3) is 0 Å². The van der Waals surface area contributed by atoms with E-state index in [1.807, 2.05) is 31.2 Å². The van der Waals surface area contributed by atoms with Crippen LogP contribution in [0.3, 0.4) is 0 Å². The predicted molar refractivity (Wildman–Crippen MR) is 95.9 cm³/mol. The van der Waals surface area contributed by atoms with Gasteiger partial charge in [-0.2, -0.15) is 0 Å². The Morgan fingerprint density at radius 2 is 1.87 bits per heavy atom. The highest BCUT2D eigenvalue weighted by Gasteiger charge is 2.53. The first-order valence-corrected chi connectivity index (χ1v) is 8.32. The van der Waals surface area contributed by atoms with Crippen LogP contribution in [0.15, 0.2) is 24.3 Å². The quantitative estimate of drug-likeness (QED) is 0.800. The van der Waals surface area contributed by atoms with Crippen LogP contribution in [0, 0.1) is 5.41 Å². The molecule has 0 aliphatic heterocycles. The molecule has 2 atom stereocenters. The molecule has 3 N–H and O–H groups in total. The summed E-state index contributed by atoms with van der Waals surface area (Å²) in [4.78, 5) is 12.4. The number of amides is 1. The van der Waals surface area contributed by atoms with Gasteiger partial charge in [0.05, 0.1) is 6.10 Å². The summed E-state index contributed by atoms with van der Waals surface area (Å²) in [5, 5.41) is 3.20. The molecule has 0 aromatic heterocycles. The summed E-state index contributed by atoms with van der Waals surface area (Å²) in [6.45, 7) is 7.62. The van der Waals surface area contributed by atoms with Gasteiger partial charge in [-0.1, -0.05) is 26.0 Å². The Balaban J connectivity index is 0.00000264. The fourth-order valence-corrected chi connectivity index (χ4v) is 3.62. The number of rotatable bonds is 7. The number of carbonyl (C=O) groups is 1. The van der Waals surface area contributed by atoms with Crippen molar-refractivity contribution >= 4 is 18.3 Å². The third kappa shape index (κ3) is 3.87. The number of halogens is 1. The van der Waals surface area contributed by atoms with Gasteiger partial charge >= 0.3 is 0 Å². The minimum absolute atomic E-state index is 0. The van der Waals surface area contributed by atoms with Crippen molar-refractivity contribution in [3.63, 3.8) is 0 Å². The normalized spacial score (nSPS) is 21.9. The molecule has 5 heteroatoms. The Bertz CT molecular complexity index is 500. The Morgan fingerprint density at radius 1 is 1.26 bits per heavy atom. The second kappa shape index (κ2) is 8.67. The zero-order valence-electron chi connectivity index (χ0n) is 14.3. The standard InChI is InChI=1S/C18H28N2O2.ClH/c1-4-18(5-2)15(11-16(18)22-6-3)20-17(21)14-9-7-13(12-19)8-10-14;/h7-10,15-16H,4-6,11-12,19H2,1-3H3,(H,20,21);1H. The molecule has 1 aliphatic carbocycles. The van der Waals surface area contributed by atoms with Gasteiger partial charge in [0.15, 0.2) is 0 Å². The minimum Gasteiger partial charge on any atom is -0.378 e. The largest absolute Gasteiger partial charge is 0.378 e. The molecule has 1 fully saturated rings. The first-order chi connectivity index (χ1) is 10.6. The van der Waals surface area contributed by atoms with Gasteiger partial charge in [0.1, 0.15) is 0 Å². The number of carbonyl (C=O) groups excluding carboxylic acids is 1. The van der Waals surface area contributed by atoms with Crippen LogP contribution in [0.1, 0.15) is 56.0 Å². The lowest BCUT2D eigenvalue weighted by Gasteiger charge is -2.55. The second-order valence-corrected chi connectivity index (χ2v) is 6.05. The fraction of sp³-hybridized carbons (Fsp3) is 0.611. The second-order valence-electron chi connectivity index (χ2n) is 6.05. The van der Waals surface area contributed by atoms with Crippen molar-refractivity contribution in [2.24, 2.45) is 11.1 Å². The van der Waals surface area contributed by atoms with Gasteiger partial charge in [-0.3, -0.25) is 4.79 Å². The first kappa shape index (κ1) is 19.9. The lowest BCUT2D eigenvalue weighted by atomic mass is 9.58. The number of hydrogen-bond acceptors (Lipinski definition) is 3. The zero-order chi connectivity index (χ0) is 16.2.